The molecule has 186 valence electrons. The van der Waals surface area contributed by atoms with E-state index in [9.17, 15) is 4.79 Å². The molecular formula is C28H39NO5. The number of ether oxygens (including phenoxy) is 4. The lowest BCUT2D eigenvalue weighted by Crippen LogP contribution is -2.29. The van der Waals surface area contributed by atoms with Gasteiger partial charge in [0.25, 0.3) is 0 Å². The van der Waals surface area contributed by atoms with Crippen LogP contribution in [0.15, 0.2) is 48.5 Å². The topological polar surface area (TPSA) is 66.0 Å². The Balaban J connectivity index is 1.18. The summed E-state index contributed by atoms with van der Waals surface area (Å²) >= 11 is 0. The normalized spacial score (nSPS) is 12.4. The van der Waals surface area contributed by atoms with E-state index < -0.39 is 6.09 Å². The van der Waals surface area contributed by atoms with Gasteiger partial charge in [0, 0.05) is 19.1 Å². The van der Waals surface area contributed by atoms with Crippen molar-refractivity contribution in [2.75, 3.05) is 52.8 Å². The third-order valence-corrected chi connectivity index (χ3v) is 6.00. The summed E-state index contributed by atoms with van der Waals surface area (Å²) in [5, 5.41) is 2.75. The van der Waals surface area contributed by atoms with Crippen molar-refractivity contribution in [3.8, 4) is 11.1 Å². The van der Waals surface area contributed by atoms with Gasteiger partial charge in [-0.3, -0.25) is 0 Å². The number of amides is 1. The van der Waals surface area contributed by atoms with E-state index in [0.717, 1.165) is 13.0 Å². The number of unbranched alkanes of at least 4 members (excludes halogenated alkanes) is 4. The fourth-order valence-corrected chi connectivity index (χ4v) is 4.22. The van der Waals surface area contributed by atoms with E-state index in [1.54, 1.807) is 0 Å². The second kappa shape index (κ2) is 15.5. The summed E-state index contributed by atoms with van der Waals surface area (Å²) in [6.07, 6.45) is 5.82. The van der Waals surface area contributed by atoms with Crippen molar-refractivity contribution >= 4 is 6.09 Å². The molecule has 1 amide bonds. The predicted octanol–water partition coefficient (Wildman–Crippen LogP) is 5.55. The van der Waals surface area contributed by atoms with Crippen LogP contribution in [0.5, 0.6) is 0 Å². The van der Waals surface area contributed by atoms with Crippen LogP contribution in [0.1, 0.15) is 56.1 Å². The average molecular weight is 470 g/mol. The van der Waals surface area contributed by atoms with E-state index >= 15 is 0 Å². The van der Waals surface area contributed by atoms with Crippen LogP contribution in [0.3, 0.4) is 0 Å². The highest BCUT2D eigenvalue weighted by Gasteiger charge is 2.28. The number of hydrogen-bond acceptors (Lipinski definition) is 5. The molecule has 1 N–H and O–H groups in total. The van der Waals surface area contributed by atoms with Crippen LogP contribution in [0.4, 0.5) is 4.79 Å². The molecule has 0 saturated heterocycles. The molecule has 0 saturated carbocycles. The van der Waals surface area contributed by atoms with Crippen LogP contribution in [-0.2, 0) is 18.9 Å². The van der Waals surface area contributed by atoms with Gasteiger partial charge >= 0.3 is 6.09 Å². The number of benzene rings is 2. The highest BCUT2D eigenvalue weighted by atomic mass is 16.6. The summed E-state index contributed by atoms with van der Waals surface area (Å²) < 4.78 is 22.1. The second-order valence-electron chi connectivity index (χ2n) is 8.50. The lowest BCUT2D eigenvalue weighted by molar-refractivity contribution is 0.0143. The van der Waals surface area contributed by atoms with E-state index in [0.29, 0.717) is 46.2 Å². The van der Waals surface area contributed by atoms with Crippen molar-refractivity contribution < 1.29 is 23.7 Å². The molecule has 0 heterocycles. The number of carbonyl (C=O) groups is 1. The Bertz CT molecular complexity index is 811. The van der Waals surface area contributed by atoms with Crippen LogP contribution >= 0.6 is 0 Å². The molecule has 3 rings (SSSR count). The van der Waals surface area contributed by atoms with E-state index in [4.69, 9.17) is 18.9 Å². The van der Waals surface area contributed by atoms with Gasteiger partial charge < -0.3 is 24.3 Å². The van der Waals surface area contributed by atoms with Crippen molar-refractivity contribution in [1.82, 2.24) is 5.32 Å². The van der Waals surface area contributed by atoms with Crippen molar-refractivity contribution in [1.29, 1.82) is 0 Å². The third-order valence-electron chi connectivity index (χ3n) is 6.00. The Morgan fingerprint density at radius 3 is 1.94 bits per heavy atom. The Labute approximate surface area is 203 Å². The number of hydrogen-bond donors (Lipinski definition) is 1. The molecule has 34 heavy (non-hydrogen) atoms. The SMILES string of the molecule is CCCCCCCOCCOCCOCCNC(=O)OCC1c2ccccc2-c2ccccc21. The minimum absolute atomic E-state index is 0.0663. The van der Waals surface area contributed by atoms with Crippen LogP contribution in [0.2, 0.25) is 0 Å². The summed E-state index contributed by atoms with van der Waals surface area (Å²) in [6.45, 7) is 6.38. The lowest BCUT2D eigenvalue weighted by atomic mass is 9.98. The molecule has 0 aromatic heterocycles. The number of nitrogens with one attached hydrogen (secondary N) is 1. The molecule has 0 bridgehead atoms. The second-order valence-corrected chi connectivity index (χ2v) is 8.50. The number of rotatable bonds is 17. The Morgan fingerprint density at radius 1 is 0.735 bits per heavy atom. The van der Waals surface area contributed by atoms with Gasteiger partial charge in [0.2, 0.25) is 0 Å². The first kappa shape index (κ1) is 26.2. The number of fused-ring (bicyclic) bond motifs is 3. The van der Waals surface area contributed by atoms with Crippen LogP contribution < -0.4 is 5.32 Å². The van der Waals surface area contributed by atoms with Gasteiger partial charge in [-0.2, -0.15) is 0 Å². The fourth-order valence-electron chi connectivity index (χ4n) is 4.22. The standard InChI is InChI=1S/C28H39NO5/c1-2-3-4-5-10-16-31-18-20-33-21-19-32-17-15-29-28(30)34-22-27-25-13-8-6-11-23(25)24-12-7-9-14-26(24)27/h6-9,11-14,27H,2-5,10,15-22H2,1H3,(H,29,30). The molecule has 0 fully saturated rings. The Morgan fingerprint density at radius 2 is 1.29 bits per heavy atom. The van der Waals surface area contributed by atoms with Gasteiger partial charge in [-0.1, -0.05) is 81.1 Å². The largest absolute Gasteiger partial charge is 0.449 e. The van der Waals surface area contributed by atoms with Gasteiger partial charge in [-0.25, -0.2) is 4.79 Å². The van der Waals surface area contributed by atoms with Gasteiger partial charge in [-0.05, 0) is 28.7 Å². The van der Waals surface area contributed by atoms with E-state index in [-0.39, 0.29) is 5.92 Å². The quantitative estimate of drug-likeness (QED) is 0.308. The van der Waals surface area contributed by atoms with Crippen molar-refractivity contribution in [3.63, 3.8) is 0 Å². The molecule has 1 aliphatic carbocycles. The van der Waals surface area contributed by atoms with Gasteiger partial charge in [0.15, 0.2) is 0 Å². The summed E-state index contributed by atoms with van der Waals surface area (Å²) in [4.78, 5) is 12.1. The van der Waals surface area contributed by atoms with Crippen molar-refractivity contribution in [2.24, 2.45) is 0 Å². The maximum Gasteiger partial charge on any atom is 0.407 e. The average Bonchev–Trinajstić information content (AvgIpc) is 3.19. The molecule has 6 heteroatoms. The summed E-state index contributed by atoms with van der Waals surface area (Å²) in [5.74, 6) is 0.0663. The first-order valence-corrected chi connectivity index (χ1v) is 12.6. The monoisotopic (exact) mass is 469 g/mol. The first-order chi connectivity index (χ1) is 16.8. The minimum atomic E-state index is -0.423. The van der Waals surface area contributed by atoms with E-state index in [2.05, 4.69) is 36.5 Å². The zero-order valence-electron chi connectivity index (χ0n) is 20.4. The molecule has 1 aliphatic rings. The number of carbonyl (C=O) groups excluding carboxylic acids is 1. The van der Waals surface area contributed by atoms with Gasteiger partial charge in [0.05, 0.1) is 33.0 Å². The zero-order chi connectivity index (χ0) is 23.8. The molecule has 2 aromatic rings. The molecule has 0 atom stereocenters. The number of alkyl carbamates (subject to hydrolysis) is 1. The van der Waals surface area contributed by atoms with Crippen LogP contribution in [-0.4, -0.2) is 58.9 Å². The maximum atomic E-state index is 12.1. The Hall–Kier alpha value is -2.41. The highest BCUT2D eigenvalue weighted by Crippen LogP contribution is 2.44. The molecule has 0 radical (unpaired) electrons. The van der Waals surface area contributed by atoms with Crippen LogP contribution in [0, 0.1) is 0 Å². The van der Waals surface area contributed by atoms with E-state index in [1.165, 1.54) is 47.9 Å². The van der Waals surface area contributed by atoms with Gasteiger partial charge in [-0.15, -0.1) is 0 Å². The van der Waals surface area contributed by atoms with Crippen molar-refractivity contribution in [3.05, 3.63) is 59.7 Å². The maximum absolute atomic E-state index is 12.1. The first-order valence-electron chi connectivity index (χ1n) is 12.6. The predicted molar refractivity (Wildman–Crippen MR) is 134 cm³/mol. The smallest absolute Gasteiger partial charge is 0.407 e. The molecule has 0 unspecified atom stereocenters. The fraction of sp³-hybridized carbons (Fsp3) is 0.536. The molecule has 0 aliphatic heterocycles. The highest BCUT2D eigenvalue weighted by molar-refractivity contribution is 5.79. The third kappa shape index (κ3) is 8.42. The summed E-state index contributed by atoms with van der Waals surface area (Å²) in [6, 6.07) is 16.6. The Kier molecular flexibility index (Phi) is 11.9. The summed E-state index contributed by atoms with van der Waals surface area (Å²) in [5.41, 5.74) is 4.85. The van der Waals surface area contributed by atoms with E-state index in [1.807, 2.05) is 24.3 Å². The molecule has 2 aromatic carbocycles. The molecule has 6 nitrogen and oxygen atoms in total. The molecular weight excluding hydrogens is 430 g/mol. The molecule has 0 spiro atoms. The lowest BCUT2D eigenvalue weighted by Gasteiger charge is -2.14. The van der Waals surface area contributed by atoms with Crippen LogP contribution in [0.25, 0.3) is 11.1 Å². The van der Waals surface area contributed by atoms with Crippen molar-refractivity contribution in [2.45, 2.75) is 44.9 Å². The van der Waals surface area contributed by atoms with Gasteiger partial charge in [0.1, 0.15) is 6.61 Å². The zero-order valence-corrected chi connectivity index (χ0v) is 20.4. The summed E-state index contributed by atoms with van der Waals surface area (Å²) in [7, 11) is 0. The minimum Gasteiger partial charge on any atom is -0.449 e.